The van der Waals surface area contributed by atoms with Gasteiger partial charge in [0.25, 0.3) is 0 Å². The average Bonchev–Trinajstić information content (AvgIpc) is 2.88. The third-order valence-corrected chi connectivity index (χ3v) is 4.32. The van der Waals surface area contributed by atoms with Gasteiger partial charge in [-0.25, -0.2) is 0 Å². The summed E-state index contributed by atoms with van der Waals surface area (Å²) < 4.78 is 0. The second-order valence-electron chi connectivity index (χ2n) is 5.22. The Balaban J connectivity index is 2.08. The van der Waals surface area contributed by atoms with Gasteiger partial charge in [0, 0.05) is 0 Å². The zero-order chi connectivity index (χ0) is 8.60. The molecule has 0 saturated heterocycles. The molecule has 2 saturated carbocycles. The minimum absolute atomic E-state index is 0.790. The first-order valence-electron chi connectivity index (χ1n) is 5.76. The van der Waals surface area contributed by atoms with E-state index in [4.69, 9.17) is 0 Å². The molecule has 0 heteroatoms. The van der Waals surface area contributed by atoms with Gasteiger partial charge in [0.05, 0.1) is 0 Å². The van der Waals surface area contributed by atoms with E-state index in [-0.39, 0.29) is 0 Å². The predicted octanol–water partition coefficient (Wildman–Crippen LogP) is 4.00. The Morgan fingerprint density at radius 2 is 1.58 bits per heavy atom. The Hall–Kier alpha value is 0. The van der Waals surface area contributed by atoms with Crippen LogP contribution in [0.1, 0.15) is 58.8 Å². The first kappa shape index (κ1) is 8.59. The molecule has 70 valence electrons. The number of rotatable bonds is 2. The van der Waals surface area contributed by atoms with E-state index >= 15 is 0 Å². The summed E-state index contributed by atoms with van der Waals surface area (Å²) in [4.78, 5) is 0. The van der Waals surface area contributed by atoms with Crippen LogP contribution in [0.3, 0.4) is 0 Å². The lowest BCUT2D eigenvalue weighted by atomic mass is 9.64. The maximum Gasteiger partial charge on any atom is -0.0246 e. The van der Waals surface area contributed by atoms with Crippen molar-refractivity contribution in [2.75, 3.05) is 0 Å². The summed E-state index contributed by atoms with van der Waals surface area (Å²) in [6.07, 6.45) is 10.7. The molecular formula is C12H22. The molecule has 2 rings (SSSR count). The van der Waals surface area contributed by atoms with Crippen molar-refractivity contribution in [3.63, 3.8) is 0 Å². The van der Waals surface area contributed by atoms with E-state index in [1.165, 1.54) is 44.9 Å². The van der Waals surface area contributed by atoms with Crippen molar-refractivity contribution >= 4 is 0 Å². The standard InChI is InChI=1S/C12H22/c1-10(2)12(11-6-7-11)8-4-3-5-9-12/h10-11H,3-9H2,1-2H3. The summed E-state index contributed by atoms with van der Waals surface area (Å²) in [7, 11) is 0. The summed E-state index contributed by atoms with van der Waals surface area (Å²) in [5.41, 5.74) is 0.790. The second-order valence-corrected chi connectivity index (χ2v) is 5.22. The highest BCUT2D eigenvalue weighted by molar-refractivity contribution is 4.97. The molecule has 0 N–H and O–H groups in total. The van der Waals surface area contributed by atoms with Gasteiger partial charge in [0.1, 0.15) is 0 Å². The van der Waals surface area contributed by atoms with Crippen LogP contribution in [0.15, 0.2) is 0 Å². The third-order valence-electron chi connectivity index (χ3n) is 4.32. The van der Waals surface area contributed by atoms with Crippen molar-refractivity contribution in [3.8, 4) is 0 Å². The lowest BCUT2D eigenvalue weighted by Crippen LogP contribution is -2.32. The molecule has 0 radical (unpaired) electrons. The van der Waals surface area contributed by atoms with Crippen molar-refractivity contribution in [2.24, 2.45) is 17.3 Å². The molecule has 0 nitrogen and oxygen atoms in total. The maximum atomic E-state index is 2.45. The highest BCUT2D eigenvalue weighted by Gasteiger charge is 2.46. The molecule has 0 aromatic carbocycles. The normalized spacial score (nSPS) is 29.2. The molecule has 0 heterocycles. The minimum atomic E-state index is 0.790. The molecule has 0 aromatic rings. The van der Waals surface area contributed by atoms with E-state index in [0.29, 0.717) is 0 Å². The number of hydrogen-bond donors (Lipinski definition) is 0. The van der Waals surface area contributed by atoms with Gasteiger partial charge < -0.3 is 0 Å². The third kappa shape index (κ3) is 1.30. The van der Waals surface area contributed by atoms with Crippen LogP contribution < -0.4 is 0 Å². The molecule has 2 fully saturated rings. The lowest BCUT2D eigenvalue weighted by Gasteiger charge is -2.41. The lowest BCUT2D eigenvalue weighted by molar-refractivity contribution is 0.0883. The fourth-order valence-corrected chi connectivity index (χ4v) is 3.33. The molecule has 0 aliphatic heterocycles. The predicted molar refractivity (Wildman–Crippen MR) is 53.1 cm³/mol. The van der Waals surface area contributed by atoms with Crippen LogP contribution in [0.4, 0.5) is 0 Å². The number of hydrogen-bond acceptors (Lipinski definition) is 0. The first-order valence-corrected chi connectivity index (χ1v) is 5.76. The van der Waals surface area contributed by atoms with Crippen LogP contribution in [-0.4, -0.2) is 0 Å². The average molecular weight is 166 g/mol. The summed E-state index contributed by atoms with van der Waals surface area (Å²) in [6, 6.07) is 0. The Morgan fingerprint density at radius 1 is 1.00 bits per heavy atom. The van der Waals surface area contributed by atoms with Gasteiger partial charge in [0.15, 0.2) is 0 Å². The highest BCUT2D eigenvalue weighted by atomic mass is 14.5. The van der Waals surface area contributed by atoms with Gasteiger partial charge in [0.2, 0.25) is 0 Å². The van der Waals surface area contributed by atoms with Gasteiger partial charge >= 0.3 is 0 Å². The van der Waals surface area contributed by atoms with E-state index in [9.17, 15) is 0 Å². The van der Waals surface area contributed by atoms with Crippen LogP contribution in [0, 0.1) is 17.3 Å². The summed E-state index contributed by atoms with van der Waals surface area (Å²) in [5, 5.41) is 0. The largest absolute Gasteiger partial charge is 0.0622 e. The van der Waals surface area contributed by atoms with Crippen LogP contribution in [0.25, 0.3) is 0 Å². The van der Waals surface area contributed by atoms with E-state index in [1.807, 2.05) is 0 Å². The smallest absolute Gasteiger partial charge is 0.0246 e. The Bertz CT molecular complexity index is 143. The topological polar surface area (TPSA) is 0 Å². The van der Waals surface area contributed by atoms with E-state index in [2.05, 4.69) is 13.8 Å². The Labute approximate surface area is 76.7 Å². The van der Waals surface area contributed by atoms with Crippen LogP contribution in [0.5, 0.6) is 0 Å². The molecule has 0 amide bonds. The molecule has 0 aromatic heterocycles. The Kier molecular flexibility index (Phi) is 2.18. The van der Waals surface area contributed by atoms with Gasteiger partial charge in [-0.15, -0.1) is 0 Å². The van der Waals surface area contributed by atoms with E-state index in [0.717, 1.165) is 17.3 Å². The summed E-state index contributed by atoms with van der Waals surface area (Å²) in [5.74, 6) is 2.06. The Morgan fingerprint density at radius 3 is 2.00 bits per heavy atom. The van der Waals surface area contributed by atoms with Crippen LogP contribution in [-0.2, 0) is 0 Å². The monoisotopic (exact) mass is 166 g/mol. The molecular weight excluding hydrogens is 144 g/mol. The van der Waals surface area contributed by atoms with Crippen molar-refractivity contribution in [1.29, 1.82) is 0 Å². The summed E-state index contributed by atoms with van der Waals surface area (Å²) >= 11 is 0. The zero-order valence-electron chi connectivity index (χ0n) is 8.60. The molecule has 0 bridgehead atoms. The van der Waals surface area contributed by atoms with Crippen molar-refractivity contribution < 1.29 is 0 Å². The minimum Gasteiger partial charge on any atom is -0.0622 e. The molecule has 0 atom stereocenters. The highest BCUT2D eigenvalue weighted by Crippen LogP contribution is 2.57. The van der Waals surface area contributed by atoms with E-state index in [1.54, 1.807) is 0 Å². The molecule has 2 aliphatic rings. The quantitative estimate of drug-likeness (QED) is 0.581. The fourth-order valence-electron chi connectivity index (χ4n) is 3.33. The zero-order valence-corrected chi connectivity index (χ0v) is 8.60. The van der Waals surface area contributed by atoms with Crippen molar-refractivity contribution in [3.05, 3.63) is 0 Å². The van der Waals surface area contributed by atoms with Crippen LogP contribution in [0.2, 0.25) is 0 Å². The van der Waals surface area contributed by atoms with Gasteiger partial charge in [-0.3, -0.25) is 0 Å². The summed E-state index contributed by atoms with van der Waals surface area (Å²) in [6.45, 7) is 4.90. The fraction of sp³-hybridized carbons (Fsp3) is 1.00. The SMILES string of the molecule is CC(C)C1(C2CC2)CCCCC1. The van der Waals surface area contributed by atoms with Crippen molar-refractivity contribution in [2.45, 2.75) is 58.8 Å². The second kappa shape index (κ2) is 3.05. The van der Waals surface area contributed by atoms with E-state index < -0.39 is 0 Å². The maximum absolute atomic E-state index is 2.45. The van der Waals surface area contributed by atoms with Gasteiger partial charge in [-0.1, -0.05) is 33.1 Å². The first-order chi connectivity index (χ1) is 5.76. The van der Waals surface area contributed by atoms with Crippen LogP contribution >= 0.6 is 0 Å². The van der Waals surface area contributed by atoms with Crippen molar-refractivity contribution in [1.82, 2.24) is 0 Å². The molecule has 2 aliphatic carbocycles. The molecule has 0 spiro atoms. The van der Waals surface area contributed by atoms with Gasteiger partial charge in [-0.2, -0.15) is 0 Å². The van der Waals surface area contributed by atoms with Gasteiger partial charge in [-0.05, 0) is 42.9 Å². The molecule has 12 heavy (non-hydrogen) atoms. The molecule has 0 unspecified atom stereocenters.